The molecule has 1 aromatic rings. The predicted octanol–water partition coefficient (Wildman–Crippen LogP) is 2.50. The summed E-state index contributed by atoms with van der Waals surface area (Å²) in [5, 5.41) is 11.9. The molecule has 2 rings (SSSR count). The average Bonchev–Trinajstić information content (AvgIpc) is 2.88. The smallest absolute Gasteiger partial charge is 0.307 e. The van der Waals surface area contributed by atoms with Crippen molar-refractivity contribution in [3.8, 4) is 0 Å². The molecule has 0 heterocycles. The quantitative estimate of drug-likeness (QED) is 0.890. The summed E-state index contributed by atoms with van der Waals surface area (Å²) in [6.45, 7) is 1.76. The van der Waals surface area contributed by atoms with Crippen molar-refractivity contribution in [1.29, 1.82) is 0 Å². The van der Waals surface area contributed by atoms with E-state index in [2.05, 4.69) is 5.32 Å². The number of carbonyl (C=O) groups excluding carboxylic acids is 1. The molecule has 0 saturated heterocycles. The van der Waals surface area contributed by atoms with E-state index >= 15 is 0 Å². The molecule has 1 aliphatic carbocycles. The zero-order valence-electron chi connectivity index (χ0n) is 11.3. The van der Waals surface area contributed by atoms with Gasteiger partial charge in [0.2, 0.25) is 5.91 Å². The third-order valence-electron chi connectivity index (χ3n) is 3.88. The highest BCUT2D eigenvalue weighted by Gasteiger charge is 2.38. The number of amides is 1. The van der Waals surface area contributed by atoms with Gasteiger partial charge in [-0.1, -0.05) is 18.6 Å². The third kappa shape index (κ3) is 3.15. The summed E-state index contributed by atoms with van der Waals surface area (Å²) in [6.07, 6.45) is 1.89. The fourth-order valence-corrected chi connectivity index (χ4v) is 2.75. The van der Waals surface area contributed by atoms with Crippen LogP contribution in [0.1, 0.15) is 37.8 Å². The van der Waals surface area contributed by atoms with E-state index < -0.39 is 17.8 Å². The molecular formula is C15H18FNO3. The lowest BCUT2D eigenvalue weighted by Gasteiger charge is -2.20. The molecule has 0 radical (unpaired) electrons. The van der Waals surface area contributed by atoms with Crippen LogP contribution in [0, 0.1) is 17.7 Å². The van der Waals surface area contributed by atoms with Crippen molar-refractivity contribution in [3.05, 3.63) is 35.6 Å². The molecule has 3 atom stereocenters. The van der Waals surface area contributed by atoms with Gasteiger partial charge in [0.25, 0.3) is 0 Å². The first-order valence-electron chi connectivity index (χ1n) is 6.77. The number of carbonyl (C=O) groups is 2. The van der Waals surface area contributed by atoms with Crippen LogP contribution in [0.25, 0.3) is 0 Å². The number of aliphatic carboxylic acids is 1. The summed E-state index contributed by atoms with van der Waals surface area (Å²) in [5.41, 5.74) is 0.670. The van der Waals surface area contributed by atoms with Gasteiger partial charge >= 0.3 is 5.97 Å². The molecule has 1 aliphatic rings. The van der Waals surface area contributed by atoms with Gasteiger partial charge < -0.3 is 10.4 Å². The highest BCUT2D eigenvalue weighted by atomic mass is 19.1. The van der Waals surface area contributed by atoms with Crippen molar-refractivity contribution in [2.45, 2.75) is 32.2 Å². The lowest BCUT2D eigenvalue weighted by Crippen LogP contribution is -2.36. The van der Waals surface area contributed by atoms with Crippen LogP contribution in [0.4, 0.5) is 4.39 Å². The van der Waals surface area contributed by atoms with Crippen LogP contribution in [-0.2, 0) is 9.59 Å². The van der Waals surface area contributed by atoms with E-state index in [1.54, 1.807) is 19.1 Å². The number of benzene rings is 1. The lowest BCUT2D eigenvalue weighted by atomic mass is 9.94. The summed E-state index contributed by atoms with van der Waals surface area (Å²) >= 11 is 0. The van der Waals surface area contributed by atoms with Crippen molar-refractivity contribution < 1.29 is 19.1 Å². The molecule has 2 N–H and O–H groups in total. The second kappa shape index (κ2) is 6.03. The second-order valence-electron chi connectivity index (χ2n) is 5.27. The van der Waals surface area contributed by atoms with E-state index in [1.165, 1.54) is 12.1 Å². The minimum absolute atomic E-state index is 0.258. The molecule has 1 fully saturated rings. The highest BCUT2D eigenvalue weighted by Crippen LogP contribution is 2.32. The Bertz CT molecular complexity index is 518. The van der Waals surface area contributed by atoms with Gasteiger partial charge in [0.1, 0.15) is 5.82 Å². The number of halogens is 1. The standard InChI is InChI=1S/C15H18FNO3/c1-9(10-4-2-5-11(16)8-10)17-14(18)12-6-3-7-13(12)15(19)20/h2,4-5,8-9,12-13H,3,6-7H2,1H3,(H,17,18)(H,19,20)/t9-,12-,13+/m1/s1. The predicted molar refractivity (Wildman–Crippen MR) is 71.4 cm³/mol. The highest BCUT2D eigenvalue weighted by molar-refractivity contribution is 5.85. The molecule has 0 aromatic heterocycles. The Morgan fingerprint density at radius 1 is 1.35 bits per heavy atom. The van der Waals surface area contributed by atoms with Crippen LogP contribution in [0.15, 0.2) is 24.3 Å². The minimum Gasteiger partial charge on any atom is -0.481 e. The van der Waals surface area contributed by atoms with Crippen LogP contribution in [0.5, 0.6) is 0 Å². The van der Waals surface area contributed by atoms with Gasteiger partial charge in [-0.2, -0.15) is 0 Å². The molecule has 108 valence electrons. The molecule has 5 heteroatoms. The number of rotatable bonds is 4. The number of carboxylic acid groups (broad SMARTS) is 1. The number of carboxylic acids is 1. The van der Waals surface area contributed by atoms with Gasteiger partial charge in [-0.25, -0.2) is 4.39 Å². The average molecular weight is 279 g/mol. The van der Waals surface area contributed by atoms with E-state index in [1.807, 2.05) is 0 Å². The molecule has 1 aromatic carbocycles. The van der Waals surface area contributed by atoms with E-state index in [9.17, 15) is 14.0 Å². The summed E-state index contributed by atoms with van der Waals surface area (Å²) in [5.74, 6) is -2.61. The fourth-order valence-electron chi connectivity index (χ4n) is 2.75. The number of hydrogen-bond donors (Lipinski definition) is 2. The normalized spacial score (nSPS) is 23.3. The second-order valence-corrected chi connectivity index (χ2v) is 5.27. The first kappa shape index (κ1) is 14.5. The maximum atomic E-state index is 13.1. The van der Waals surface area contributed by atoms with Gasteiger partial charge in [-0.15, -0.1) is 0 Å². The van der Waals surface area contributed by atoms with Crippen molar-refractivity contribution in [1.82, 2.24) is 5.32 Å². The van der Waals surface area contributed by atoms with Crippen LogP contribution >= 0.6 is 0 Å². The van der Waals surface area contributed by atoms with Crippen molar-refractivity contribution >= 4 is 11.9 Å². The van der Waals surface area contributed by atoms with Crippen molar-refractivity contribution in [3.63, 3.8) is 0 Å². The van der Waals surface area contributed by atoms with E-state index in [0.29, 0.717) is 18.4 Å². The Balaban J connectivity index is 2.02. The third-order valence-corrected chi connectivity index (χ3v) is 3.88. The Labute approximate surface area is 117 Å². The lowest BCUT2D eigenvalue weighted by molar-refractivity contribution is -0.146. The number of hydrogen-bond acceptors (Lipinski definition) is 2. The van der Waals surface area contributed by atoms with Gasteiger partial charge in [0, 0.05) is 0 Å². The molecule has 0 spiro atoms. The molecule has 20 heavy (non-hydrogen) atoms. The van der Waals surface area contributed by atoms with E-state index in [0.717, 1.165) is 6.42 Å². The minimum atomic E-state index is -0.916. The van der Waals surface area contributed by atoms with Crippen LogP contribution in [0.2, 0.25) is 0 Å². The molecule has 0 aliphatic heterocycles. The van der Waals surface area contributed by atoms with Crippen LogP contribution < -0.4 is 5.32 Å². The number of nitrogens with one attached hydrogen (secondary N) is 1. The fraction of sp³-hybridized carbons (Fsp3) is 0.467. The topological polar surface area (TPSA) is 66.4 Å². The van der Waals surface area contributed by atoms with Crippen LogP contribution in [-0.4, -0.2) is 17.0 Å². The SMILES string of the molecule is C[C@@H](NC(=O)[C@@H]1CCC[C@@H]1C(=O)O)c1cccc(F)c1. The Morgan fingerprint density at radius 2 is 2.05 bits per heavy atom. The van der Waals surface area contributed by atoms with Gasteiger partial charge in [0.05, 0.1) is 17.9 Å². The maximum absolute atomic E-state index is 13.1. The Morgan fingerprint density at radius 3 is 2.70 bits per heavy atom. The monoisotopic (exact) mass is 279 g/mol. The summed E-state index contributed by atoms with van der Waals surface area (Å²) < 4.78 is 13.1. The van der Waals surface area contributed by atoms with Gasteiger partial charge in [0.15, 0.2) is 0 Å². The van der Waals surface area contributed by atoms with E-state index in [-0.39, 0.29) is 17.8 Å². The largest absolute Gasteiger partial charge is 0.481 e. The molecule has 4 nitrogen and oxygen atoms in total. The van der Waals surface area contributed by atoms with Gasteiger partial charge in [-0.05, 0) is 37.5 Å². The Hall–Kier alpha value is -1.91. The summed E-state index contributed by atoms with van der Waals surface area (Å²) in [4.78, 5) is 23.2. The summed E-state index contributed by atoms with van der Waals surface area (Å²) in [6, 6.07) is 5.69. The molecule has 1 saturated carbocycles. The molecule has 1 amide bonds. The summed E-state index contributed by atoms with van der Waals surface area (Å²) in [7, 11) is 0. The Kier molecular flexibility index (Phi) is 4.37. The molecular weight excluding hydrogens is 261 g/mol. The van der Waals surface area contributed by atoms with Gasteiger partial charge in [-0.3, -0.25) is 9.59 Å². The first-order valence-corrected chi connectivity index (χ1v) is 6.77. The first-order chi connectivity index (χ1) is 9.49. The van der Waals surface area contributed by atoms with Crippen molar-refractivity contribution in [2.75, 3.05) is 0 Å². The maximum Gasteiger partial charge on any atom is 0.307 e. The zero-order valence-corrected chi connectivity index (χ0v) is 11.3. The van der Waals surface area contributed by atoms with E-state index in [4.69, 9.17) is 5.11 Å². The molecule has 0 unspecified atom stereocenters. The van der Waals surface area contributed by atoms with Crippen molar-refractivity contribution in [2.24, 2.45) is 11.8 Å². The zero-order chi connectivity index (χ0) is 14.7. The molecule has 0 bridgehead atoms. The van der Waals surface area contributed by atoms with Crippen LogP contribution in [0.3, 0.4) is 0 Å².